The molecule has 3 rings (SSSR count). The fraction of sp³-hybridized carbons (Fsp3) is 0.333. The third-order valence-electron chi connectivity index (χ3n) is 4.20. The summed E-state index contributed by atoms with van der Waals surface area (Å²) in [7, 11) is 1.42. The van der Waals surface area contributed by atoms with E-state index in [0.29, 0.717) is 0 Å². The highest BCUT2D eigenvalue weighted by Crippen LogP contribution is 2.14. The molecule has 0 saturated carbocycles. The van der Waals surface area contributed by atoms with Crippen molar-refractivity contribution in [2.45, 2.75) is 19.0 Å². The van der Waals surface area contributed by atoms with E-state index in [2.05, 4.69) is 27.3 Å². The lowest BCUT2D eigenvalue weighted by Crippen LogP contribution is -2.37. The SMILES string of the molecule is COc1c[nH]c(C(=O)N[C@H]2CCN(Cc3ccccc3)C2)cc1=O. The summed E-state index contributed by atoms with van der Waals surface area (Å²) in [6, 6.07) is 11.6. The van der Waals surface area contributed by atoms with Gasteiger partial charge in [0.25, 0.3) is 5.91 Å². The van der Waals surface area contributed by atoms with Crippen LogP contribution in [0.2, 0.25) is 0 Å². The molecular weight excluding hydrogens is 306 g/mol. The van der Waals surface area contributed by atoms with Crippen molar-refractivity contribution in [3.63, 3.8) is 0 Å². The molecule has 0 unspecified atom stereocenters. The van der Waals surface area contributed by atoms with Gasteiger partial charge in [-0.15, -0.1) is 0 Å². The Kier molecular flexibility index (Phi) is 4.96. The van der Waals surface area contributed by atoms with Crippen LogP contribution in [-0.4, -0.2) is 42.0 Å². The van der Waals surface area contributed by atoms with Crippen LogP contribution in [0.15, 0.2) is 47.4 Å². The molecule has 1 aromatic heterocycles. The predicted octanol–water partition coefficient (Wildman–Crippen LogP) is 1.39. The third kappa shape index (κ3) is 3.83. The van der Waals surface area contributed by atoms with Crippen LogP contribution >= 0.6 is 0 Å². The summed E-state index contributed by atoms with van der Waals surface area (Å²) in [6.07, 6.45) is 2.31. The fourth-order valence-electron chi connectivity index (χ4n) is 2.95. The first-order chi connectivity index (χ1) is 11.7. The summed E-state index contributed by atoms with van der Waals surface area (Å²) in [5.74, 6) is -0.0669. The Bertz CT molecular complexity index is 758. The summed E-state index contributed by atoms with van der Waals surface area (Å²) < 4.78 is 4.90. The van der Waals surface area contributed by atoms with Crippen molar-refractivity contribution in [3.05, 3.63) is 64.1 Å². The molecule has 2 heterocycles. The van der Waals surface area contributed by atoms with E-state index >= 15 is 0 Å². The van der Waals surface area contributed by atoms with Crippen LogP contribution in [0, 0.1) is 0 Å². The van der Waals surface area contributed by atoms with Crippen LogP contribution in [0.25, 0.3) is 0 Å². The molecule has 1 amide bonds. The molecule has 126 valence electrons. The summed E-state index contributed by atoms with van der Waals surface area (Å²) in [6.45, 7) is 2.63. The van der Waals surface area contributed by atoms with E-state index in [4.69, 9.17) is 4.74 Å². The number of pyridine rings is 1. The van der Waals surface area contributed by atoms with Crippen LogP contribution in [0.1, 0.15) is 22.5 Å². The summed E-state index contributed by atoms with van der Waals surface area (Å²) in [5.41, 5.74) is 1.21. The number of methoxy groups -OCH3 is 1. The molecule has 1 aromatic carbocycles. The Hall–Kier alpha value is -2.60. The number of ether oxygens (including phenoxy) is 1. The summed E-state index contributed by atoms with van der Waals surface area (Å²) >= 11 is 0. The van der Waals surface area contributed by atoms with Gasteiger partial charge < -0.3 is 15.0 Å². The van der Waals surface area contributed by atoms with Crippen LogP contribution in [0.5, 0.6) is 5.75 Å². The molecule has 1 aliphatic heterocycles. The Morgan fingerprint density at radius 3 is 2.88 bits per heavy atom. The first-order valence-electron chi connectivity index (χ1n) is 7.99. The monoisotopic (exact) mass is 327 g/mol. The minimum absolute atomic E-state index is 0.0896. The number of nitrogens with one attached hydrogen (secondary N) is 2. The second kappa shape index (κ2) is 7.31. The van der Waals surface area contributed by atoms with Gasteiger partial charge in [0.2, 0.25) is 5.43 Å². The zero-order chi connectivity index (χ0) is 16.9. The second-order valence-electron chi connectivity index (χ2n) is 5.96. The zero-order valence-electron chi connectivity index (χ0n) is 13.6. The van der Waals surface area contributed by atoms with Crippen LogP contribution in [-0.2, 0) is 6.54 Å². The van der Waals surface area contributed by atoms with Gasteiger partial charge >= 0.3 is 0 Å². The lowest BCUT2D eigenvalue weighted by atomic mass is 10.2. The Morgan fingerprint density at radius 1 is 1.38 bits per heavy atom. The topological polar surface area (TPSA) is 74.4 Å². The quantitative estimate of drug-likeness (QED) is 0.870. The minimum atomic E-state index is -0.307. The van der Waals surface area contributed by atoms with Crippen molar-refractivity contribution in [3.8, 4) is 5.75 Å². The molecule has 1 aliphatic rings. The van der Waals surface area contributed by atoms with Gasteiger partial charge in [-0.25, -0.2) is 0 Å². The fourth-order valence-corrected chi connectivity index (χ4v) is 2.95. The van der Waals surface area contributed by atoms with Crippen LogP contribution in [0.4, 0.5) is 0 Å². The minimum Gasteiger partial charge on any atom is -0.491 e. The molecule has 24 heavy (non-hydrogen) atoms. The number of benzene rings is 1. The van der Waals surface area contributed by atoms with Gasteiger partial charge in [-0.05, 0) is 12.0 Å². The number of aromatic amines is 1. The molecule has 1 fully saturated rings. The van der Waals surface area contributed by atoms with Crippen molar-refractivity contribution < 1.29 is 9.53 Å². The van der Waals surface area contributed by atoms with E-state index in [1.807, 2.05) is 18.2 Å². The number of likely N-dealkylation sites (tertiary alicyclic amines) is 1. The third-order valence-corrected chi connectivity index (χ3v) is 4.20. The Balaban J connectivity index is 1.56. The van der Waals surface area contributed by atoms with Gasteiger partial charge in [0.15, 0.2) is 5.75 Å². The van der Waals surface area contributed by atoms with Gasteiger partial charge in [0.1, 0.15) is 5.69 Å². The van der Waals surface area contributed by atoms with Gasteiger partial charge in [-0.2, -0.15) is 0 Å². The molecule has 0 radical (unpaired) electrons. The number of amides is 1. The average Bonchev–Trinajstić information content (AvgIpc) is 3.02. The highest BCUT2D eigenvalue weighted by molar-refractivity contribution is 5.92. The maximum Gasteiger partial charge on any atom is 0.268 e. The second-order valence-corrected chi connectivity index (χ2v) is 5.96. The first-order valence-corrected chi connectivity index (χ1v) is 7.99. The van der Waals surface area contributed by atoms with Crippen molar-refractivity contribution in [2.24, 2.45) is 0 Å². The lowest BCUT2D eigenvalue weighted by molar-refractivity contribution is 0.0932. The molecule has 1 atom stereocenters. The van der Waals surface area contributed by atoms with Crippen LogP contribution < -0.4 is 15.5 Å². The number of carbonyl (C=O) groups excluding carboxylic acids is 1. The van der Waals surface area contributed by atoms with Crippen molar-refractivity contribution in [1.29, 1.82) is 0 Å². The molecule has 2 N–H and O–H groups in total. The maximum absolute atomic E-state index is 12.3. The highest BCUT2D eigenvalue weighted by atomic mass is 16.5. The van der Waals surface area contributed by atoms with Crippen molar-refractivity contribution in [1.82, 2.24) is 15.2 Å². The average molecular weight is 327 g/mol. The number of H-pyrrole nitrogens is 1. The van der Waals surface area contributed by atoms with E-state index in [-0.39, 0.29) is 28.8 Å². The summed E-state index contributed by atoms with van der Waals surface area (Å²) in [5, 5.41) is 2.98. The van der Waals surface area contributed by atoms with Gasteiger partial charge in [-0.1, -0.05) is 30.3 Å². The first kappa shape index (κ1) is 16.3. The van der Waals surface area contributed by atoms with E-state index in [1.54, 1.807) is 0 Å². The van der Waals surface area contributed by atoms with Gasteiger partial charge in [0, 0.05) is 37.9 Å². The normalized spacial score (nSPS) is 17.6. The molecule has 1 saturated heterocycles. The Morgan fingerprint density at radius 2 is 2.17 bits per heavy atom. The number of rotatable bonds is 5. The van der Waals surface area contributed by atoms with E-state index in [9.17, 15) is 9.59 Å². The molecular formula is C18H21N3O3. The smallest absolute Gasteiger partial charge is 0.268 e. The van der Waals surface area contributed by atoms with Crippen molar-refractivity contribution >= 4 is 5.91 Å². The molecule has 2 aromatic rings. The predicted molar refractivity (Wildman–Crippen MR) is 91.2 cm³/mol. The number of nitrogens with zero attached hydrogens (tertiary/aromatic N) is 1. The van der Waals surface area contributed by atoms with Crippen LogP contribution in [0.3, 0.4) is 0 Å². The van der Waals surface area contributed by atoms with Gasteiger partial charge in [-0.3, -0.25) is 14.5 Å². The molecule has 6 nitrogen and oxygen atoms in total. The number of carbonyl (C=O) groups is 1. The standard InChI is InChI=1S/C18H21N3O3/c1-24-17-10-19-15(9-16(17)22)18(23)20-14-7-8-21(12-14)11-13-5-3-2-4-6-13/h2-6,9-10,14H,7-8,11-12H2,1H3,(H,19,22)(H,20,23)/t14-/m0/s1. The largest absolute Gasteiger partial charge is 0.491 e. The van der Waals surface area contributed by atoms with Crippen molar-refractivity contribution in [2.75, 3.05) is 20.2 Å². The summed E-state index contributed by atoms with van der Waals surface area (Å²) in [4.78, 5) is 29.1. The van der Waals surface area contributed by atoms with E-state index in [0.717, 1.165) is 26.1 Å². The number of hydrogen-bond donors (Lipinski definition) is 2. The molecule has 6 heteroatoms. The van der Waals surface area contributed by atoms with Gasteiger partial charge in [0.05, 0.1) is 7.11 Å². The van der Waals surface area contributed by atoms with E-state index in [1.165, 1.54) is 24.9 Å². The molecule has 0 spiro atoms. The number of aromatic nitrogens is 1. The van der Waals surface area contributed by atoms with E-state index < -0.39 is 0 Å². The molecule has 0 bridgehead atoms. The number of hydrogen-bond acceptors (Lipinski definition) is 4. The Labute approximate surface area is 140 Å². The maximum atomic E-state index is 12.3. The highest BCUT2D eigenvalue weighted by Gasteiger charge is 2.24. The molecule has 0 aliphatic carbocycles. The lowest BCUT2D eigenvalue weighted by Gasteiger charge is -2.16. The zero-order valence-corrected chi connectivity index (χ0v) is 13.6.